The molecule has 0 saturated carbocycles. The quantitative estimate of drug-likeness (QED) is 0.605. The van der Waals surface area contributed by atoms with Crippen LogP contribution in [0.4, 0.5) is 10.9 Å². The first-order valence-electron chi connectivity index (χ1n) is 6.29. The standard InChI is InChI=1S/C12H22N4O2S/c1-4-14-11-16-9(13)8(19-11)10(18)15-7-12(2,3)5-6-17/h17H,4-7,13H2,1-3H3,(H,14,16)(H,15,18). The van der Waals surface area contributed by atoms with Crippen molar-refractivity contribution in [3.63, 3.8) is 0 Å². The first-order valence-corrected chi connectivity index (χ1v) is 7.10. The van der Waals surface area contributed by atoms with Crippen LogP contribution in [0.5, 0.6) is 0 Å². The number of anilines is 2. The summed E-state index contributed by atoms with van der Waals surface area (Å²) < 4.78 is 0. The van der Waals surface area contributed by atoms with Crippen LogP contribution in [0.3, 0.4) is 0 Å². The van der Waals surface area contributed by atoms with Crippen LogP contribution < -0.4 is 16.4 Å². The van der Waals surface area contributed by atoms with E-state index in [1.165, 1.54) is 11.3 Å². The van der Waals surface area contributed by atoms with Crippen molar-refractivity contribution in [2.75, 3.05) is 30.7 Å². The third-order valence-electron chi connectivity index (χ3n) is 2.70. The summed E-state index contributed by atoms with van der Waals surface area (Å²) in [6, 6.07) is 0. The molecule has 0 saturated heterocycles. The van der Waals surface area contributed by atoms with E-state index in [2.05, 4.69) is 15.6 Å². The highest BCUT2D eigenvalue weighted by Gasteiger charge is 2.21. The molecule has 108 valence electrons. The number of nitrogen functional groups attached to an aromatic ring is 1. The Morgan fingerprint density at radius 3 is 2.79 bits per heavy atom. The van der Waals surface area contributed by atoms with Crippen molar-refractivity contribution in [3.8, 4) is 0 Å². The number of hydrogen-bond donors (Lipinski definition) is 4. The second-order valence-corrected chi connectivity index (χ2v) is 6.08. The fourth-order valence-electron chi connectivity index (χ4n) is 1.51. The van der Waals surface area contributed by atoms with Gasteiger partial charge in [-0.3, -0.25) is 4.79 Å². The minimum atomic E-state index is -0.217. The van der Waals surface area contributed by atoms with Gasteiger partial charge >= 0.3 is 0 Å². The Kier molecular flexibility index (Phi) is 5.56. The molecule has 19 heavy (non-hydrogen) atoms. The molecule has 0 atom stereocenters. The molecule has 1 heterocycles. The summed E-state index contributed by atoms with van der Waals surface area (Å²) in [5.74, 6) is 0.0311. The largest absolute Gasteiger partial charge is 0.396 e. The van der Waals surface area contributed by atoms with Crippen LogP contribution in [0.1, 0.15) is 36.9 Å². The molecule has 0 aliphatic rings. The van der Waals surface area contributed by atoms with Crippen LogP contribution in [0.2, 0.25) is 0 Å². The second-order valence-electron chi connectivity index (χ2n) is 5.08. The SMILES string of the molecule is CCNc1nc(N)c(C(=O)NCC(C)(C)CCO)s1. The molecule has 0 aliphatic carbocycles. The maximum Gasteiger partial charge on any atom is 0.265 e. The van der Waals surface area contributed by atoms with E-state index < -0.39 is 0 Å². The third-order valence-corrected chi connectivity index (χ3v) is 3.73. The van der Waals surface area contributed by atoms with Crippen LogP contribution in [0.25, 0.3) is 0 Å². The number of hydrogen-bond acceptors (Lipinski definition) is 6. The van der Waals surface area contributed by atoms with Crippen molar-refractivity contribution in [2.24, 2.45) is 5.41 Å². The molecule has 0 fully saturated rings. The summed E-state index contributed by atoms with van der Waals surface area (Å²) in [4.78, 5) is 16.5. The smallest absolute Gasteiger partial charge is 0.265 e. The number of aliphatic hydroxyl groups is 1. The van der Waals surface area contributed by atoms with Crippen molar-refractivity contribution in [2.45, 2.75) is 27.2 Å². The van der Waals surface area contributed by atoms with E-state index in [0.717, 1.165) is 6.54 Å². The average molecular weight is 286 g/mol. The normalized spacial score (nSPS) is 11.4. The van der Waals surface area contributed by atoms with Crippen molar-refractivity contribution >= 4 is 28.2 Å². The molecule has 0 unspecified atom stereocenters. The molecule has 7 heteroatoms. The van der Waals surface area contributed by atoms with Gasteiger partial charge in [-0.25, -0.2) is 4.98 Å². The van der Waals surface area contributed by atoms with Gasteiger partial charge in [-0.2, -0.15) is 0 Å². The number of carbonyl (C=O) groups excluding carboxylic acids is 1. The Morgan fingerprint density at radius 1 is 1.53 bits per heavy atom. The molecule has 1 aromatic rings. The van der Waals surface area contributed by atoms with Gasteiger partial charge in [0, 0.05) is 19.7 Å². The topological polar surface area (TPSA) is 100 Å². The van der Waals surface area contributed by atoms with E-state index in [9.17, 15) is 4.79 Å². The van der Waals surface area contributed by atoms with E-state index >= 15 is 0 Å². The molecule has 6 nitrogen and oxygen atoms in total. The van der Waals surface area contributed by atoms with Gasteiger partial charge in [0.2, 0.25) is 0 Å². The monoisotopic (exact) mass is 286 g/mol. The highest BCUT2D eigenvalue weighted by atomic mass is 32.1. The zero-order valence-corrected chi connectivity index (χ0v) is 12.4. The first kappa shape index (κ1) is 15.7. The highest BCUT2D eigenvalue weighted by Crippen LogP contribution is 2.25. The van der Waals surface area contributed by atoms with Gasteiger partial charge in [0.05, 0.1) is 0 Å². The molecular weight excluding hydrogens is 264 g/mol. The molecule has 1 amide bonds. The van der Waals surface area contributed by atoms with E-state index in [1.54, 1.807) is 0 Å². The molecule has 0 aliphatic heterocycles. The van der Waals surface area contributed by atoms with Crippen LogP contribution in [0, 0.1) is 5.41 Å². The average Bonchev–Trinajstić information content (AvgIpc) is 2.68. The van der Waals surface area contributed by atoms with Gasteiger partial charge in [-0.1, -0.05) is 25.2 Å². The highest BCUT2D eigenvalue weighted by molar-refractivity contribution is 7.18. The summed E-state index contributed by atoms with van der Waals surface area (Å²) in [5, 5.41) is 15.5. The molecule has 0 bridgehead atoms. The Labute approximate surface area is 117 Å². The van der Waals surface area contributed by atoms with Crippen molar-refractivity contribution < 1.29 is 9.90 Å². The number of nitrogens with zero attached hydrogens (tertiary/aromatic N) is 1. The Bertz CT molecular complexity index is 431. The number of nitrogens with two attached hydrogens (primary N) is 1. The molecule has 0 radical (unpaired) electrons. The third kappa shape index (κ3) is 4.68. The summed E-state index contributed by atoms with van der Waals surface area (Å²) in [7, 11) is 0. The summed E-state index contributed by atoms with van der Waals surface area (Å²) in [5.41, 5.74) is 5.58. The first-order chi connectivity index (χ1) is 8.89. The lowest BCUT2D eigenvalue weighted by molar-refractivity contribution is 0.0933. The Morgan fingerprint density at radius 2 is 2.21 bits per heavy atom. The van der Waals surface area contributed by atoms with E-state index in [-0.39, 0.29) is 23.7 Å². The maximum absolute atomic E-state index is 12.0. The molecular formula is C12H22N4O2S. The summed E-state index contributed by atoms with van der Waals surface area (Å²) >= 11 is 1.25. The van der Waals surface area contributed by atoms with Gasteiger partial charge in [-0.15, -0.1) is 0 Å². The molecule has 0 spiro atoms. The number of carbonyl (C=O) groups is 1. The lowest BCUT2D eigenvalue weighted by atomic mass is 9.90. The lowest BCUT2D eigenvalue weighted by Crippen LogP contribution is -2.34. The Balaban J connectivity index is 2.63. The Hall–Kier alpha value is -1.34. The molecule has 0 aromatic carbocycles. The van der Waals surface area contributed by atoms with Crippen LogP contribution >= 0.6 is 11.3 Å². The molecule has 1 aromatic heterocycles. The number of rotatable bonds is 7. The minimum Gasteiger partial charge on any atom is -0.396 e. The van der Waals surface area contributed by atoms with Gasteiger partial charge in [0.1, 0.15) is 10.7 Å². The number of aromatic nitrogens is 1. The number of nitrogens with one attached hydrogen (secondary N) is 2. The zero-order valence-electron chi connectivity index (χ0n) is 11.6. The number of aliphatic hydroxyl groups excluding tert-OH is 1. The molecule has 1 rings (SSSR count). The van der Waals surface area contributed by atoms with Gasteiger partial charge < -0.3 is 21.5 Å². The maximum atomic E-state index is 12.0. The van der Waals surface area contributed by atoms with Crippen molar-refractivity contribution in [1.29, 1.82) is 0 Å². The van der Waals surface area contributed by atoms with E-state index in [0.29, 0.717) is 23.0 Å². The fourth-order valence-corrected chi connectivity index (χ4v) is 2.38. The predicted molar refractivity (Wildman–Crippen MR) is 78.5 cm³/mol. The van der Waals surface area contributed by atoms with Crippen molar-refractivity contribution in [1.82, 2.24) is 10.3 Å². The van der Waals surface area contributed by atoms with Gasteiger partial charge in [-0.05, 0) is 18.8 Å². The fraction of sp³-hybridized carbons (Fsp3) is 0.667. The van der Waals surface area contributed by atoms with Crippen LogP contribution in [0.15, 0.2) is 0 Å². The van der Waals surface area contributed by atoms with Crippen LogP contribution in [-0.2, 0) is 0 Å². The summed E-state index contributed by atoms with van der Waals surface area (Å²) in [6.45, 7) is 7.26. The minimum absolute atomic E-state index is 0.107. The number of amides is 1. The predicted octanol–water partition coefficient (Wildman–Crippen LogP) is 1.30. The lowest BCUT2D eigenvalue weighted by Gasteiger charge is -2.23. The number of thiazole rings is 1. The zero-order chi connectivity index (χ0) is 14.5. The second kappa shape index (κ2) is 6.72. The van der Waals surface area contributed by atoms with Crippen LogP contribution in [-0.4, -0.2) is 35.7 Å². The summed E-state index contributed by atoms with van der Waals surface area (Å²) in [6.07, 6.45) is 0.633. The van der Waals surface area contributed by atoms with E-state index in [1.807, 2.05) is 20.8 Å². The van der Waals surface area contributed by atoms with Gasteiger partial charge in [0.25, 0.3) is 5.91 Å². The van der Waals surface area contributed by atoms with Crippen molar-refractivity contribution in [3.05, 3.63) is 4.88 Å². The molecule has 5 N–H and O–H groups in total. The van der Waals surface area contributed by atoms with Gasteiger partial charge in [0.15, 0.2) is 5.13 Å². The van der Waals surface area contributed by atoms with E-state index in [4.69, 9.17) is 10.8 Å².